The summed E-state index contributed by atoms with van der Waals surface area (Å²) in [5.74, 6) is 3.16. The minimum atomic E-state index is -0.527. The maximum Gasteiger partial charge on any atom is 0.0653 e. The Morgan fingerprint density at radius 2 is 1.61 bits per heavy atom. The van der Waals surface area contributed by atoms with Crippen molar-refractivity contribution in [1.29, 1.82) is 0 Å². The van der Waals surface area contributed by atoms with Crippen LogP contribution in [0, 0.1) is 40.4 Å². The second-order valence-electron chi connectivity index (χ2n) is 12.8. The monoisotopic (exact) mass is 434 g/mol. The van der Waals surface area contributed by atoms with E-state index in [0.29, 0.717) is 17.3 Å². The fourth-order valence-corrected chi connectivity index (χ4v) is 9.61. The van der Waals surface area contributed by atoms with Crippen LogP contribution in [-0.2, 0) is 4.74 Å². The quantitative estimate of drug-likeness (QED) is 0.459. The van der Waals surface area contributed by atoms with E-state index in [9.17, 15) is 10.2 Å². The van der Waals surface area contributed by atoms with Gasteiger partial charge in [0.2, 0.25) is 0 Å². The van der Waals surface area contributed by atoms with E-state index in [4.69, 9.17) is 4.74 Å². The van der Waals surface area contributed by atoms with Crippen LogP contribution in [0.1, 0.15) is 111 Å². The Balaban J connectivity index is 1.54. The Morgan fingerprint density at radius 3 is 2.32 bits per heavy atom. The minimum Gasteiger partial charge on any atom is -0.393 e. The van der Waals surface area contributed by atoms with Gasteiger partial charge in [-0.15, -0.1) is 0 Å². The van der Waals surface area contributed by atoms with Gasteiger partial charge in [-0.1, -0.05) is 46.5 Å². The summed E-state index contributed by atoms with van der Waals surface area (Å²) in [5, 5.41) is 22.0. The van der Waals surface area contributed by atoms with Crippen molar-refractivity contribution < 1.29 is 14.9 Å². The van der Waals surface area contributed by atoms with Crippen LogP contribution >= 0.6 is 0 Å². The van der Waals surface area contributed by atoms with E-state index in [1.54, 1.807) is 0 Å². The minimum absolute atomic E-state index is 0.139. The molecule has 4 aliphatic carbocycles. The predicted octanol–water partition coefficient (Wildman–Crippen LogP) is 6.35. The summed E-state index contributed by atoms with van der Waals surface area (Å²) in [6.45, 7) is 9.48. The number of fused-ring (bicyclic) bond motifs is 5. The van der Waals surface area contributed by atoms with Gasteiger partial charge in [0.1, 0.15) is 0 Å². The topological polar surface area (TPSA) is 49.7 Å². The van der Waals surface area contributed by atoms with Crippen molar-refractivity contribution in [3.05, 3.63) is 0 Å². The maximum atomic E-state index is 11.6. The van der Waals surface area contributed by atoms with Crippen LogP contribution < -0.4 is 0 Å². The van der Waals surface area contributed by atoms with E-state index in [2.05, 4.69) is 27.7 Å². The van der Waals surface area contributed by atoms with Gasteiger partial charge in [0.15, 0.2) is 0 Å². The molecule has 0 aromatic heterocycles. The van der Waals surface area contributed by atoms with Crippen molar-refractivity contribution in [2.75, 3.05) is 7.11 Å². The summed E-state index contributed by atoms with van der Waals surface area (Å²) in [6, 6.07) is 0. The molecule has 3 heteroatoms. The molecule has 31 heavy (non-hydrogen) atoms. The van der Waals surface area contributed by atoms with Gasteiger partial charge < -0.3 is 14.9 Å². The first-order valence-electron chi connectivity index (χ1n) is 13.6. The zero-order valence-corrected chi connectivity index (χ0v) is 21.0. The Hall–Kier alpha value is -0.120. The van der Waals surface area contributed by atoms with Gasteiger partial charge in [-0.05, 0) is 105 Å². The lowest BCUT2D eigenvalue weighted by molar-refractivity contribution is -0.185. The van der Waals surface area contributed by atoms with E-state index in [1.807, 2.05) is 7.11 Å². The largest absolute Gasteiger partial charge is 0.393 e. The van der Waals surface area contributed by atoms with Crippen LogP contribution in [0.15, 0.2) is 0 Å². The highest BCUT2D eigenvalue weighted by molar-refractivity contribution is 5.13. The first-order chi connectivity index (χ1) is 14.7. The lowest BCUT2D eigenvalue weighted by Gasteiger charge is -2.63. The summed E-state index contributed by atoms with van der Waals surface area (Å²) >= 11 is 0. The first kappa shape index (κ1) is 24.0. The highest BCUT2D eigenvalue weighted by Crippen LogP contribution is 2.69. The SMILES string of the molecule is CCCCCC[C@](C)(O)C1CC[C@H]2C3C[C@H](OC)C4CC(O)CCC4(C)[C@H]3CCC12C. The van der Waals surface area contributed by atoms with Crippen molar-refractivity contribution in [1.82, 2.24) is 0 Å². The fraction of sp³-hybridized carbons (Fsp3) is 1.00. The molecule has 0 spiro atoms. The van der Waals surface area contributed by atoms with Crippen LogP contribution in [0.5, 0.6) is 0 Å². The molecule has 6 unspecified atom stereocenters. The first-order valence-corrected chi connectivity index (χ1v) is 13.6. The normalized spacial score (nSPS) is 49.1. The number of ether oxygens (including phenoxy) is 1. The molecule has 0 aromatic carbocycles. The second-order valence-corrected chi connectivity index (χ2v) is 12.8. The molecular weight excluding hydrogens is 384 g/mol. The van der Waals surface area contributed by atoms with Gasteiger partial charge in [-0.2, -0.15) is 0 Å². The predicted molar refractivity (Wildman–Crippen MR) is 127 cm³/mol. The lowest BCUT2D eigenvalue weighted by atomic mass is 9.43. The summed E-state index contributed by atoms with van der Waals surface area (Å²) in [6.07, 6.45) is 15.3. The molecule has 0 radical (unpaired) electrons. The van der Waals surface area contributed by atoms with Gasteiger partial charge in [-0.25, -0.2) is 0 Å². The van der Waals surface area contributed by atoms with E-state index >= 15 is 0 Å². The molecule has 3 nitrogen and oxygen atoms in total. The highest BCUT2D eigenvalue weighted by Gasteiger charge is 2.64. The van der Waals surface area contributed by atoms with E-state index < -0.39 is 5.60 Å². The Bertz CT molecular complexity index is 617. The van der Waals surface area contributed by atoms with Crippen molar-refractivity contribution in [3.8, 4) is 0 Å². The molecule has 4 saturated carbocycles. The second kappa shape index (κ2) is 8.91. The van der Waals surface area contributed by atoms with Gasteiger partial charge in [0.05, 0.1) is 17.8 Å². The molecule has 180 valence electrons. The van der Waals surface area contributed by atoms with Gasteiger partial charge in [0, 0.05) is 7.11 Å². The average molecular weight is 435 g/mol. The van der Waals surface area contributed by atoms with Crippen LogP contribution in [0.4, 0.5) is 0 Å². The van der Waals surface area contributed by atoms with E-state index in [0.717, 1.165) is 49.9 Å². The van der Waals surface area contributed by atoms with Gasteiger partial charge >= 0.3 is 0 Å². The number of hydrogen-bond donors (Lipinski definition) is 2. The Labute approximate surface area is 191 Å². The maximum absolute atomic E-state index is 11.6. The molecular formula is C28H50O3. The van der Waals surface area contributed by atoms with Crippen molar-refractivity contribution in [2.45, 2.75) is 129 Å². The average Bonchev–Trinajstić information content (AvgIpc) is 3.09. The summed E-state index contributed by atoms with van der Waals surface area (Å²) in [4.78, 5) is 0. The zero-order valence-electron chi connectivity index (χ0n) is 21.0. The number of unbranched alkanes of at least 4 members (excludes halogenated alkanes) is 3. The number of rotatable bonds is 7. The molecule has 4 rings (SSSR count). The Morgan fingerprint density at radius 1 is 0.903 bits per heavy atom. The third kappa shape index (κ3) is 4.03. The van der Waals surface area contributed by atoms with Crippen molar-refractivity contribution in [3.63, 3.8) is 0 Å². The summed E-state index contributed by atoms with van der Waals surface area (Å²) < 4.78 is 6.11. The molecule has 0 bridgehead atoms. The van der Waals surface area contributed by atoms with Gasteiger partial charge in [0.25, 0.3) is 0 Å². The van der Waals surface area contributed by atoms with Crippen molar-refractivity contribution in [2.24, 2.45) is 40.4 Å². The van der Waals surface area contributed by atoms with Crippen molar-refractivity contribution >= 4 is 0 Å². The molecule has 0 saturated heterocycles. The molecule has 0 amide bonds. The number of methoxy groups -OCH3 is 1. The van der Waals surface area contributed by atoms with Crippen LogP contribution in [0.2, 0.25) is 0 Å². The number of aliphatic hydroxyl groups is 2. The molecule has 0 aliphatic heterocycles. The van der Waals surface area contributed by atoms with E-state index in [-0.39, 0.29) is 17.6 Å². The number of aliphatic hydroxyl groups excluding tert-OH is 1. The van der Waals surface area contributed by atoms with Crippen LogP contribution in [0.3, 0.4) is 0 Å². The molecule has 4 fully saturated rings. The smallest absolute Gasteiger partial charge is 0.0653 e. The fourth-order valence-electron chi connectivity index (χ4n) is 9.61. The summed E-state index contributed by atoms with van der Waals surface area (Å²) in [5.41, 5.74) is 0.0524. The molecule has 2 N–H and O–H groups in total. The molecule has 0 aromatic rings. The molecule has 4 aliphatic rings. The van der Waals surface area contributed by atoms with E-state index in [1.165, 1.54) is 51.4 Å². The Kier molecular flexibility index (Phi) is 6.91. The third-order valence-corrected chi connectivity index (χ3v) is 11.2. The summed E-state index contributed by atoms with van der Waals surface area (Å²) in [7, 11) is 1.90. The standard InChI is InChI=1S/C28H50O3/c1-6-7-8-9-14-28(4,30)25-11-10-21-20-18-24(31-5)23-17-19(29)12-15-26(23,2)22(20)13-16-27(21,25)3/h19-25,29-30H,6-18H2,1-5H3/t19?,20?,21-,22-,23?,24-,25?,26?,27?,28-/m0/s1. The lowest BCUT2D eigenvalue weighted by Crippen LogP contribution is -2.59. The number of hydrogen-bond acceptors (Lipinski definition) is 3. The molecule has 0 heterocycles. The third-order valence-electron chi connectivity index (χ3n) is 11.2. The zero-order chi connectivity index (χ0) is 22.4. The highest BCUT2D eigenvalue weighted by atomic mass is 16.5. The molecule has 10 atom stereocenters. The van der Waals surface area contributed by atoms with Crippen LogP contribution in [0.25, 0.3) is 0 Å². The van der Waals surface area contributed by atoms with Crippen LogP contribution in [-0.4, -0.2) is 35.1 Å². The van der Waals surface area contributed by atoms with Gasteiger partial charge in [-0.3, -0.25) is 0 Å².